The highest BCUT2D eigenvalue weighted by atomic mass is 16.5. The van der Waals surface area contributed by atoms with Crippen molar-refractivity contribution in [2.45, 2.75) is 78.6 Å². The van der Waals surface area contributed by atoms with E-state index in [0.29, 0.717) is 0 Å². The standard InChI is InChI=1S/C70H58BN3O/c1-68(2,3)45-25-28-48-42(36-45)23-31-54-51(48)40-60-52(35-41-17-11-10-12-18-41)71-53-39-44-38-47(70(7,8)9)27-30-50(44)64-63-49-29-26-46(69(4,5)6)37-43(49)24-32-57(63)74(66(53)64)58-33-34-59(67(65(58)71)73(54)60)72-55-19-13-15-21-61(55)75-62-22-16-14-20-56(62)72/h10-40H,1-9H3/b52-35+. The van der Waals surface area contributed by atoms with Gasteiger partial charge in [0.05, 0.1) is 39.3 Å². The topological polar surface area (TPSA) is 22.3 Å². The van der Waals surface area contributed by atoms with Crippen molar-refractivity contribution in [3.63, 3.8) is 0 Å². The molecule has 75 heavy (non-hydrogen) atoms. The number of benzene rings is 10. The van der Waals surface area contributed by atoms with Crippen LogP contribution in [0.5, 0.6) is 11.5 Å². The lowest BCUT2D eigenvalue weighted by Crippen LogP contribution is -2.53. The van der Waals surface area contributed by atoms with Crippen molar-refractivity contribution in [2.75, 3.05) is 4.90 Å². The van der Waals surface area contributed by atoms with Crippen LogP contribution >= 0.6 is 0 Å². The van der Waals surface area contributed by atoms with E-state index in [1.807, 2.05) is 0 Å². The summed E-state index contributed by atoms with van der Waals surface area (Å²) in [6.45, 7) is 20.7. The fourth-order valence-corrected chi connectivity index (χ4v) is 13.1. The Morgan fingerprint density at radius 2 is 0.973 bits per heavy atom. The van der Waals surface area contributed by atoms with Crippen molar-refractivity contribution in [3.05, 3.63) is 210 Å². The first-order valence-electron chi connectivity index (χ1n) is 26.8. The smallest absolute Gasteiger partial charge is 0.252 e. The zero-order chi connectivity index (χ0) is 51.0. The van der Waals surface area contributed by atoms with E-state index in [4.69, 9.17) is 4.74 Å². The molecule has 3 aliphatic heterocycles. The van der Waals surface area contributed by atoms with Gasteiger partial charge in [0.2, 0.25) is 0 Å². The Balaban J connectivity index is 1.15. The summed E-state index contributed by atoms with van der Waals surface area (Å²) in [5.74, 6) is 1.67. The van der Waals surface area contributed by atoms with Gasteiger partial charge in [-0.1, -0.05) is 196 Å². The quantitative estimate of drug-likeness (QED) is 0.161. The van der Waals surface area contributed by atoms with Crippen LogP contribution in [0.1, 0.15) is 90.3 Å². The van der Waals surface area contributed by atoms with Crippen LogP contribution in [-0.4, -0.2) is 15.8 Å². The number of hydrogen-bond acceptors (Lipinski definition) is 2. The minimum absolute atomic E-state index is 0.0180. The van der Waals surface area contributed by atoms with Crippen LogP contribution in [0.4, 0.5) is 17.1 Å². The molecule has 0 N–H and O–H groups in total. The van der Waals surface area contributed by atoms with Gasteiger partial charge in [-0.05, 0) is 142 Å². The summed E-state index contributed by atoms with van der Waals surface area (Å²) in [4.78, 5) is 2.47. The lowest BCUT2D eigenvalue weighted by Gasteiger charge is -2.40. The Bertz CT molecular complexity index is 4460. The molecule has 0 radical (unpaired) electrons. The zero-order valence-corrected chi connectivity index (χ0v) is 44.2. The highest BCUT2D eigenvalue weighted by molar-refractivity contribution is 7.04. The van der Waals surface area contributed by atoms with E-state index < -0.39 is 0 Å². The molecular weight excluding hydrogens is 910 g/mol. The third-order valence-corrected chi connectivity index (χ3v) is 16.9. The highest BCUT2D eigenvalue weighted by Gasteiger charge is 2.45. The maximum Gasteiger partial charge on any atom is 0.252 e. The fraction of sp³-hybridized carbons (Fsp3) is 0.171. The molecular formula is C70H58BN3O. The molecule has 5 heteroatoms. The first kappa shape index (κ1) is 44.2. The molecule has 5 heterocycles. The highest BCUT2D eigenvalue weighted by Crippen LogP contribution is 2.54. The van der Waals surface area contributed by atoms with Crippen molar-refractivity contribution in [2.24, 2.45) is 0 Å². The van der Waals surface area contributed by atoms with Gasteiger partial charge in [0.25, 0.3) is 6.71 Å². The molecule has 0 saturated carbocycles. The molecule has 0 atom stereocenters. The monoisotopic (exact) mass is 967 g/mol. The molecule has 3 aliphatic rings. The third kappa shape index (κ3) is 6.31. The normalized spacial score (nSPS) is 14.5. The second-order valence-electron chi connectivity index (χ2n) is 24.6. The summed E-state index contributed by atoms with van der Waals surface area (Å²) in [6.07, 6.45) is 2.50. The second kappa shape index (κ2) is 15.2. The zero-order valence-electron chi connectivity index (χ0n) is 44.2. The van der Waals surface area contributed by atoms with E-state index in [1.165, 1.54) is 121 Å². The Morgan fingerprint density at radius 3 is 1.61 bits per heavy atom. The van der Waals surface area contributed by atoms with Gasteiger partial charge in [0, 0.05) is 27.5 Å². The molecule has 0 bridgehead atoms. The van der Waals surface area contributed by atoms with E-state index in [2.05, 4.69) is 264 Å². The lowest BCUT2D eigenvalue weighted by atomic mass is 9.33. The molecule has 10 aromatic carbocycles. The molecule has 0 spiro atoms. The van der Waals surface area contributed by atoms with E-state index in [1.54, 1.807) is 0 Å². The van der Waals surface area contributed by atoms with E-state index >= 15 is 0 Å². The van der Waals surface area contributed by atoms with Gasteiger partial charge in [-0.3, -0.25) is 0 Å². The third-order valence-electron chi connectivity index (χ3n) is 16.9. The van der Waals surface area contributed by atoms with Crippen molar-refractivity contribution < 1.29 is 4.74 Å². The number of anilines is 3. The number of rotatable bonds is 2. The number of aromatic nitrogens is 2. The predicted octanol–water partition coefficient (Wildman–Crippen LogP) is 17.7. The maximum absolute atomic E-state index is 6.74. The summed E-state index contributed by atoms with van der Waals surface area (Å²) in [5, 5.41) is 11.5. The molecule has 0 saturated heterocycles. The first-order chi connectivity index (χ1) is 36.1. The number of nitrogens with zero attached hydrogens (tertiary/aromatic N) is 3. The van der Waals surface area contributed by atoms with Crippen LogP contribution in [0.15, 0.2) is 182 Å². The van der Waals surface area contributed by atoms with Crippen LogP contribution in [-0.2, 0) is 16.2 Å². The van der Waals surface area contributed by atoms with Gasteiger partial charge in [-0.25, -0.2) is 0 Å². The summed E-state index contributed by atoms with van der Waals surface area (Å²) in [5.41, 5.74) is 19.5. The SMILES string of the molecule is CC(C)(C)c1ccc2c(ccc3c2cc2n3-c3c(N4c5ccccc5Oc5ccccc54)ccc4c3B(/C2=C/c2ccccc2)c2cc3cc(C(C)(C)C)ccc3c3c5c6ccc(C(C)(C)C)cc6ccc5n-4c23)c1. The first-order valence-corrected chi connectivity index (χ1v) is 26.8. The van der Waals surface area contributed by atoms with Gasteiger partial charge in [-0.15, -0.1) is 0 Å². The molecule has 12 aromatic rings. The predicted molar refractivity (Wildman–Crippen MR) is 320 cm³/mol. The van der Waals surface area contributed by atoms with Crippen molar-refractivity contribution >= 4 is 111 Å². The van der Waals surface area contributed by atoms with E-state index in [9.17, 15) is 0 Å². The molecule has 2 aromatic heterocycles. The fourth-order valence-electron chi connectivity index (χ4n) is 13.1. The van der Waals surface area contributed by atoms with Gasteiger partial charge in [-0.2, -0.15) is 0 Å². The van der Waals surface area contributed by atoms with Crippen molar-refractivity contribution in [1.82, 2.24) is 9.13 Å². The Labute approximate surface area is 439 Å². The second-order valence-corrected chi connectivity index (χ2v) is 24.6. The average Bonchev–Trinajstić information content (AvgIpc) is 3.97. The van der Waals surface area contributed by atoms with Crippen LogP contribution in [0, 0.1) is 0 Å². The number of fused-ring (bicyclic) bond motifs is 17. The van der Waals surface area contributed by atoms with Crippen molar-refractivity contribution in [1.29, 1.82) is 0 Å². The molecule has 0 fully saturated rings. The largest absolute Gasteiger partial charge is 0.453 e. The Kier molecular flexibility index (Phi) is 8.95. The molecule has 0 unspecified atom stereocenters. The van der Waals surface area contributed by atoms with E-state index in [-0.39, 0.29) is 23.0 Å². The van der Waals surface area contributed by atoms with E-state index in [0.717, 1.165) is 28.6 Å². The summed E-state index contributed by atoms with van der Waals surface area (Å²) >= 11 is 0. The minimum Gasteiger partial charge on any atom is -0.453 e. The Morgan fingerprint density at radius 1 is 0.427 bits per heavy atom. The number of ether oxygens (including phenoxy) is 1. The van der Waals surface area contributed by atoms with Crippen LogP contribution in [0.25, 0.3) is 87.9 Å². The Hall–Kier alpha value is -8.28. The van der Waals surface area contributed by atoms with Crippen LogP contribution < -0.4 is 20.6 Å². The lowest BCUT2D eigenvalue weighted by molar-refractivity contribution is 0.477. The molecule has 0 aliphatic carbocycles. The summed E-state index contributed by atoms with van der Waals surface area (Å²) in [7, 11) is 0. The number of para-hydroxylation sites is 4. The maximum atomic E-state index is 6.74. The summed E-state index contributed by atoms with van der Waals surface area (Å²) < 4.78 is 12.0. The van der Waals surface area contributed by atoms with Gasteiger partial charge in [0.1, 0.15) is 0 Å². The molecule has 15 rings (SSSR count). The summed E-state index contributed by atoms with van der Waals surface area (Å²) in [6, 6.07) is 69.1. The van der Waals surface area contributed by atoms with Gasteiger partial charge >= 0.3 is 0 Å². The molecule has 4 nitrogen and oxygen atoms in total. The van der Waals surface area contributed by atoms with Gasteiger partial charge in [0.15, 0.2) is 11.5 Å². The van der Waals surface area contributed by atoms with Crippen LogP contribution in [0.3, 0.4) is 0 Å². The van der Waals surface area contributed by atoms with Crippen molar-refractivity contribution in [3.8, 4) is 22.9 Å². The molecule has 362 valence electrons. The average molecular weight is 968 g/mol. The van der Waals surface area contributed by atoms with Crippen LogP contribution in [0.2, 0.25) is 0 Å². The molecule has 0 amide bonds. The number of hydrogen-bond donors (Lipinski definition) is 0. The minimum atomic E-state index is -0.141. The van der Waals surface area contributed by atoms with Gasteiger partial charge < -0.3 is 18.8 Å².